The Morgan fingerprint density at radius 2 is 0.580 bits per heavy atom. The van der Waals surface area contributed by atoms with E-state index in [0.29, 0.717) is 123 Å². The second-order valence-corrected chi connectivity index (χ2v) is 26.3. The lowest BCUT2D eigenvalue weighted by atomic mass is 10.3. The van der Waals surface area contributed by atoms with Crippen molar-refractivity contribution in [1.29, 1.82) is 0 Å². The molecule has 0 aliphatic carbocycles. The van der Waals surface area contributed by atoms with Gasteiger partial charge in [-0.05, 0) is 39.2 Å². The number of carbonyl (C=O) groups excluding carboxylic acids is 5. The van der Waals surface area contributed by atoms with E-state index >= 15 is 0 Å². The summed E-state index contributed by atoms with van der Waals surface area (Å²) in [6.07, 6.45) is 7.64. The van der Waals surface area contributed by atoms with Gasteiger partial charge in [0.15, 0.2) is 12.3 Å². The molecule has 0 bridgehead atoms. The molecule has 5 fully saturated rings. The van der Waals surface area contributed by atoms with Gasteiger partial charge >= 0.3 is 30.2 Å². The molecule has 3 N–H and O–H groups in total. The van der Waals surface area contributed by atoms with Crippen molar-refractivity contribution in [3.05, 3.63) is 0 Å². The summed E-state index contributed by atoms with van der Waals surface area (Å²) < 4.78 is 104. The number of ether oxygens (including phenoxy) is 20. The number of amides is 10. The average Bonchev–Trinajstić information content (AvgIpc) is 1.57. The summed E-state index contributed by atoms with van der Waals surface area (Å²) in [5.74, 6) is 2.28. The van der Waals surface area contributed by atoms with Gasteiger partial charge in [0.25, 0.3) is 0 Å². The van der Waals surface area contributed by atoms with Crippen molar-refractivity contribution in [3.63, 3.8) is 0 Å². The van der Waals surface area contributed by atoms with E-state index in [4.69, 9.17) is 94.7 Å². The third kappa shape index (κ3) is 39.8. The van der Waals surface area contributed by atoms with Gasteiger partial charge < -0.3 is 120 Å². The summed E-state index contributed by atoms with van der Waals surface area (Å²) >= 11 is 0. The van der Waals surface area contributed by atoms with E-state index in [1.807, 2.05) is 11.9 Å². The van der Waals surface area contributed by atoms with E-state index < -0.39 is 12.3 Å². The third-order valence-electron chi connectivity index (χ3n) is 16.4. The summed E-state index contributed by atoms with van der Waals surface area (Å²) in [5.41, 5.74) is 0. The summed E-state index contributed by atoms with van der Waals surface area (Å²) in [6.45, 7) is 18.5. The van der Waals surface area contributed by atoms with E-state index in [9.17, 15) is 24.0 Å². The van der Waals surface area contributed by atoms with E-state index in [2.05, 4.69) is 73.5 Å². The zero-order chi connectivity index (χ0) is 88.0. The number of methoxy groups -OCH3 is 15. The van der Waals surface area contributed by atoms with Crippen molar-refractivity contribution < 1.29 is 119 Å². The van der Waals surface area contributed by atoms with Gasteiger partial charge in [-0.15, -0.1) is 0 Å². The first-order chi connectivity index (χ1) is 57.8. The summed E-state index contributed by atoms with van der Waals surface area (Å²) in [4.78, 5) is 111. The van der Waals surface area contributed by atoms with Gasteiger partial charge in [-0.2, -0.15) is 29.9 Å². The third-order valence-corrected chi connectivity index (χ3v) is 16.4. The maximum absolute atomic E-state index is 13.4. The van der Waals surface area contributed by atoms with E-state index in [1.54, 1.807) is 146 Å². The van der Waals surface area contributed by atoms with Crippen LogP contribution in [0.25, 0.3) is 0 Å². The highest BCUT2D eigenvalue weighted by Gasteiger charge is 2.59. The molecule has 5 saturated heterocycles. The number of urea groups is 5. The number of hydrogen-bond donors (Lipinski definition) is 3. The number of rotatable bonds is 56. The fourth-order valence-corrected chi connectivity index (χ4v) is 11.0. The standard InChI is InChI=1S/C24H46N4O6.C15H30N6O6.C9H18N6O3.C8H17N3O3.C8H16N2O3.C7H14N2O4/c1-5-9-13-31-17-25-21-22(27(23(25)29)19-33-15-11-7-3)28(20-34-16-12-8-4)24(30)26(21)18-32-14-10-6-2;1-22-7-19(8-23-2)13-16-14(20(9-24-3)10-25-4)18-15(17-13)21(11-26-5)12-27-6;1-16-4-10-7-13-8(11-5-17-2)15-9(14-7)12-6-18-3;1-9-4-10(6-13-2)8(12)11(5-9)7-14-3;1-12-6-9-4-3-5-10(7-13-2)8(9)11;1-11-3-8-5-13-6-9(4-12-2)7(8)10/h21-22H,5-20H2,1-4H3;7-12H2,1-6H3;4-6H2,1-3H3,(H3,10,11,12,13,14,15);4-7H2,1-3H3;3-7H2,1-2H3;3-6H2,1-2H3. The molecule has 690 valence electrons. The lowest BCUT2D eigenvalue weighted by molar-refractivity contribution is -0.102. The number of nitrogens with zero attached hydrogens (tertiary/aromatic N) is 20. The zero-order valence-electron chi connectivity index (χ0n) is 74.2. The number of carbonyl (C=O) groups is 5. The van der Waals surface area contributed by atoms with Crippen molar-refractivity contribution in [2.45, 2.75) is 97.8 Å². The number of anilines is 6. The predicted octanol–water partition coefficient (Wildman–Crippen LogP) is 4.01. The van der Waals surface area contributed by atoms with Gasteiger partial charge in [-0.25, -0.2) is 24.0 Å². The van der Waals surface area contributed by atoms with Crippen LogP contribution < -0.4 is 30.7 Å². The van der Waals surface area contributed by atoms with Crippen LogP contribution in [0.2, 0.25) is 0 Å². The van der Waals surface area contributed by atoms with Crippen LogP contribution in [0.1, 0.15) is 85.5 Å². The van der Waals surface area contributed by atoms with E-state index in [0.717, 1.165) is 70.9 Å². The second-order valence-electron chi connectivity index (χ2n) is 26.3. The van der Waals surface area contributed by atoms with Crippen LogP contribution in [0.15, 0.2) is 0 Å². The minimum absolute atomic E-state index is 0.00468. The van der Waals surface area contributed by atoms with Gasteiger partial charge in [0.1, 0.15) is 141 Å². The molecule has 0 atom stereocenters. The van der Waals surface area contributed by atoms with Crippen LogP contribution in [0, 0.1) is 0 Å². The molecule has 0 unspecified atom stereocenters. The van der Waals surface area contributed by atoms with Gasteiger partial charge in [0.2, 0.25) is 35.7 Å². The van der Waals surface area contributed by atoms with E-state index in [1.165, 1.54) is 24.0 Å². The smallest absolute Gasteiger partial charge is 0.327 e. The second kappa shape index (κ2) is 67.0. The zero-order valence-corrected chi connectivity index (χ0v) is 74.2. The lowest BCUT2D eigenvalue weighted by Gasteiger charge is -2.39. The molecule has 0 aromatic carbocycles. The molecule has 0 radical (unpaired) electrons. The Balaban J connectivity index is 0.000000505. The minimum Gasteiger partial charge on any atom is -0.364 e. The van der Waals surface area contributed by atoms with Crippen LogP contribution in [-0.2, 0) is 94.7 Å². The van der Waals surface area contributed by atoms with E-state index in [-0.39, 0.29) is 124 Å². The van der Waals surface area contributed by atoms with Crippen molar-refractivity contribution in [2.24, 2.45) is 0 Å². The molecule has 119 heavy (non-hydrogen) atoms. The molecular formula is C71H141N23O25. The van der Waals surface area contributed by atoms with Crippen LogP contribution in [0.4, 0.5) is 59.7 Å². The first-order valence-electron chi connectivity index (χ1n) is 39.0. The predicted molar refractivity (Wildman–Crippen MR) is 435 cm³/mol. The van der Waals surface area contributed by atoms with Crippen molar-refractivity contribution in [1.82, 2.24) is 83.8 Å². The van der Waals surface area contributed by atoms with Gasteiger partial charge in [0, 0.05) is 146 Å². The van der Waals surface area contributed by atoms with Gasteiger partial charge in [-0.3, -0.25) is 58.8 Å². The highest BCUT2D eigenvalue weighted by atomic mass is 16.6. The monoisotopic (exact) mass is 1720 g/mol. The molecule has 10 amide bonds. The number of unbranched alkanes of at least 4 members (excludes halogenated alkanes) is 4. The normalized spacial score (nSPS) is 16.0. The maximum Gasteiger partial charge on any atom is 0.327 e. The number of fused-ring (bicyclic) bond motifs is 1. The maximum atomic E-state index is 13.4. The number of aromatic nitrogens is 6. The summed E-state index contributed by atoms with van der Waals surface area (Å²) in [6, 6.07) is -0.586. The average molecular weight is 1720 g/mol. The Labute approximate surface area is 702 Å². The largest absolute Gasteiger partial charge is 0.364 e. The number of nitrogens with one attached hydrogen (secondary N) is 3. The Hall–Kier alpha value is -7.67. The van der Waals surface area contributed by atoms with Gasteiger partial charge in [0.05, 0.1) is 13.3 Å². The van der Waals surface area contributed by atoms with Crippen LogP contribution in [-0.4, -0.2) is 434 Å². The number of hydrogen-bond acceptors (Lipinski definition) is 38. The van der Waals surface area contributed by atoms with Crippen molar-refractivity contribution >= 4 is 65.8 Å². The Morgan fingerprint density at radius 1 is 0.328 bits per heavy atom. The molecule has 0 saturated carbocycles. The van der Waals surface area contributed by atoms with Crippen LogP contribution in [0.3, 0.4) is 0 Å². The minimum atomic E-state index is -0.521. The molecule has 7 rings (SSSR count). The fourth-order valence-electron chi connectivity index (χ4n) is 11.0. The van der Waals surface area contributed by atoms with Crippen LogP contribution in [0.5, 0.6) is 0 Å². The molecule has 2 aromatic rings. The highest BCUT2D eigenvalue weighted by Crippen LogP contribution is 2.35. The Kier molecular flexibility index (Phi) is 60.4. The molecule has 2 aromatic heterocycles. The van der Waals surface area contributed by atoms with Crippen molar-refractivity contribution in [3.8, 4) is 0 Å². The molecule has 5 aliphatic heterocycles. The first kappa shape index (κ1) is 107. The molecule has 7 heterocycles. The molecule has 0 spiro atoms. The Bertz CT molecular complexity index is 2600. The molecule has 48 heteroatoms. The summed E-state index contributed by atoms with van der Waals surface area (Å²) in [7, 11) is 25.5. The quantitative estimate of drug-likeness (QED) is 0.0622. The fraction of sp³-hybridized carbons (Fsp3) is 0.845. The van der Waals surface area contributed by atoms with Crippen LogP contribution >= 0.6 is 0 Å². The first-order valence-corrected chi connectivity index (χ1v) is 39.0. The summed E-state index contributed by atoms with van der Waals surface area (Å²) in [5, 5.41) is 8.65. The molecular weight excluding hydrogens is 1570 g/mol. The Morgan fingerprint density at radius 3 is 0.832 bits per heavy atom. The van der Waals surface area contributed by atoms with Gasteiger partial charge in [-0.1, -0.05) is 53.4 Å². The SMILES string of the molecule is CCCCOCN1C(=O)N(COCCCC)C2C1N(COCCCC)C(=O)N2COCCCC.COCN(COC)c1nc(N(COC)COC)nc(N(COC)COC)n1.COCN1CCCN(COC)C1=O.COCN1CN(C)CN(COC)C1=O.COCN1COCN(COC)C1=O.COCNc1nc(NCOC)nc(NCOC)n1. The molecule has 48 nitrogen and oxygen atoms in total. The molecule has 5 aliphatic rings. The highest BCUT2D eigenvalue weighted by molar-refractivity contribution is 5.85. The topological polar surface area (TPSA) is 429 Å². The lowest BCUT2D eigenvalue weighted by Crippen LogP contribution is -2.57. The van der Waals surface area contributed by atoms with Crippen molar-refractivity contribution in [2.75, 3.05) is 339 Å².